The highest BCUT2D eigenvalue weighted by molar-refractivity contribution is 6.32. The summed E-state index contributed by atoms with van der Waals surface area (Å²) in [6, 6.07) is 3.11. The van der Waals surface area contributed by atoms with E-state index >= 15 is 0 Å². The Morgan fingerprint density at radius 3 is 2.77 bits per heavy atom. The van der Waals surface area contributed by atoms with E-state index in [0.717, 1.165) is 5.56 Å². The van der Waals surface area contributed by atoms with Gasteiger partial charge in [-0.3, -0.25) is 0 Å². The minimum atomic E-state index is -0.377. The van der Waals surface area contributed by atoms with E-state index in [0.29, 0.717) is 10.6 Å². The average molecular weight is 198 g/mol. The van der Waals surface area contributed by atoms with Gasteiger partial charge in [-0.15, -0.1) is 6.58 Å². The fraction of sp³-hybridized carbons (Fsp3) is 0.200. The second kappa shape index (κ2) is 3.81. The van der Waals surface area contributed by atoms with Crippen molar-refractivity contribution in [3.63, 3.8) is 0 Å². The van der Waals surface area contributed by atoms with Crippen LogP contribution in [-0.2, 0) is 0 Å². The minimum absolute atomic E-state index is 0.0414. The molecule has 1 rings (SSSR count). The molecule has 3 heteroatoms. The molecular formula is C10H12ClNO. The highest BCUT2D eigenvalue weighted by atomic mass is 35.5. The van der Waals surface area contributed by atoms with Crippen LogP contribution in [0.15, 0.2) is 24.8 Å². The quantitative estimate of drug-likeness (QED) is 0.716. The number of phenolic OH excluding ortho intramolecular Hbond substituents is 1. The van der Waals surface area contributed by atoms with Crippen molar-refractivity contribution < 1.29 is 5.11 Å². The second-order valence-corrected chi connectivity index (χ2v) is 3.35. The van der Waals surface area contributed by atoms with Crippen molar-refractivity contribution in [1.82, 2.24) is 0 Å². The molecule has 0 aromatic heterocycles. The molecule has 1 aromatic carbocycles. The molecule has 0 saturated heterocycles. The predicted molar refractivity (Wildman–Crippen MR) is 55.0 cm³/mol. The third-order valence-electron chi connectivity index (χ3n) is 1.85. The van der Waals surface area contributed by atoms with Crippen molar-refractivity contribution in [3.8, 4) is 5.75 Å². The van der Waals surface area contributed by atoms with Crippen LogP contribution < -0.4 is 5.73 Å². The molecule has 0 bridgehead atoms. The normalized spacial score (nSPS) is 12.5. The first-order chi connectivity index (χ1) is 6.06. The standard InChI is InChI=1S/C10H12ClNO/c1-3-9(12)7-4-6(2)5-8(11)10(7)13/h3-5,9,13H,1,12H2,2H3/t9-/m0/s1. The topological polar surface area (TPSA) is 46.2 Å². The van der Waals surface area contributed by atoms with Gasteiger partial charge in [-0.05, 0) is 18.6 Å². The summed E-state index contributed by atoms with van der Waals surface area (Å²) in [6.07, 6.45) is 1.56. The van der Waals surface area contributed by atoms with E-state index in [9.17, 15) is 5.11 Å². The van der Waals surface area contributed by atoms with E-state index in [1.54, 1.807) is 18.2 Å². The monoisotopic (exact) mass is 197 g/mol. The van der Waals surface area contributed by atoms with Crippen LogP contribution in [0.1, 0.15) is 17.2 Å². The molecule has 2 nitrogen and oxygen atoms in total. The van der Waals surface area contributed by atoms with E-state index in [4.69, 9.17) is 17.3 Å². The Morgan fingerprint density at radius 2 is 2.23 bits per heavy atom. The van der Waals surface area contributed by atoms with E-state index in [2.05, 4.69) is 6.58 Å². The summed E-state index contributed by atoms with van der Waals surface area (Å²) in [4.78, 5) is 0. The van der Waals surface area contributed by atoms with Crippen LogP contribution in [0.25, 0.3) is 0 Å². The van der Waals surface area contributed by atoms with E-state index in [-0.39, 0.29) is 11.8 Å². The summed E-state index contributed by atoms with van der Waals surface area (Å²) < 4.78 is 0. The minimum Gasteiger partial charge on any atom is -0.506 e. The number of aryl methyl sites for hydroxylation is 1. The van der Waals surface area contributed by atoms with Crippen LogP contribution in [-0.4, -0.2) is 5.11 Å². The van der Waals surface area contributed by atoms with Gasteiger partial charge < -0.3 is 10.8 Å². The summed E-state index contributed by atoms with van der Waals surface area (Å²) in [5.74, 6) is 0.0414. The molecule has 70 valence electrons. The summed E-state index contributed by atoms with van der Waals surface area (Å²) >= 11 is 5.78. The Kier molecular flexibility index (Phi) is 2.96. The van der Waals surface area contributed by atoms with E-state index in [1.165, 1.54) is 0 Å². The lowest BCUT2D eigenvalue weighted by Gasteiger charge is -2.11. The van der Waals surface area contributed by atoms with Crippen LogP contribution >= 0.6 is 11.6 Å². The number of phenols is 1. The van der Waals surface area contributed by atoms with Crippen LogP contribution in [0.5, 0.6) is 5.75 Å². The smallest absolute Gasteiger partial charge is 0.139 e. The molecule has 0 fully saturated rings. The number of nitrogens with two attached hydrogens (primary N) is 1. The maximum Gasteiger partial charge on any atom is 0.139 e. The van der Waals surface area contributed by atoms with Crippen LogP contribution in [0.3, 0.4) is 0 Å². The Hall–Kier alpha value is -0.990. The van der Waals surface area contributed by atoms with Gasteiger partial charge in [-0.2, -0.15) is 0 Å². The summed E-state index contributed by atoms with van der Waals surface area (Å²) in [6.45, 7) is 5.45. The van der Waals surface area contributed by atoms with Gasteiger partial charge in [0.15, 0.2) is 0 Å². The zero-order chi connectivity index (χ0) is 10.0. The Labute approximate surface area is 82.6 Å². The predicted octanol–water partition coefficient (Wildman–Crippen LogP) is 2.54. The molecule has 0 aliphatic heterocycles. The molecule has 1 aromatic rings. The fourth-order valence-corrected chi connectivity index (χ4v) is 1.42. The average Bonchev–Trinajstić information content (AvgIpc) is 2.10. The van der Waals surface area contributed by atoms with Crippen molar-refractivity contribution in [2.45, 2.75) is 13.0 Å². The molecule has 0 saturated carbocycles. The highest BCUT2D eigenvalue weighted by Gasteiger charge is 2.11. The number of hydrogen-bond acceptors (Lipinski definition) is 2. The van der Waals surface area contributed by atoms with E-state index in [1.807, 2.05) is 6.92 Å². The van der Waals surface area contributed by atoms with Crippen LogP contribution in [0.2, 0.25) is 5.02 Å². The van der Waals surface area contributed by atoms with Gasteiger partial charge >= 0.3 is 0 Å². The lowest BCUT2D eigenvalue weighted by atomic mass is 10.0. The molecule has 1 atom stereocenters. The molecule has 0 unspecified atom stereocenters. The lowest BCUT2D eigenvalue weighted by Crippen LogP contribution is -2.07. The SMILES string of the molecule is C=C[C@H](N)c1cc(C)cc(Cl)c1O. The van der Waals surface area contributed by atoms with Gasteiger partial charge in [0.25, 0.3) is 0 Å². The maximum absolute atomic E-state index is 9.56. The first-order valence-corrected chi connectivity index (χ1v) is 4.31. The van der Waals surface area contributed by atoms with Crippen molar-refractivity contribution in [3.05, 3.63) is 40.9 Å². The van der Waals surface area contributed by atoms with E-state index < -0.39 is 0 Å². The van der Waals surface area contributed by atoms with Gasteiger partial charge in [0.1, 0.15) is 5.75 Å². The van der Waals surface area contributed by atoms with Gasteiger partial charge in [0, 0.05) is 5.56 Å². The zero-order valence-electron chi connectivity index (χ0n) is 7.42. The second-order valence-electron chi connectivity index (χ2n) is 2.95. The maximum atomic E-state index is 9.56. The summed E-state index contributed by atoms with van der Waals surface area (Å²) in [7, 11) is 0. The molecular weight excluding hydrogens is 186 g/mol. The van der Waals surface area contributed by atoms with Gasteiger partial charge in [-0.1, -0.05) is 23.7 Å². The lowest BCUT2D eigenvalue weighted by molar-refractivity contribution is 0.466. The Balaban J connectivity index is 3.27. The number of hydrogen-bond donors (Lipinski definition) is 2. The number of rotatable bonds is 2. The number of aromatic hydroxyl groups is 1. The van der Waals surface area contributed by atoms with Crippen molar-refractivity contribution in [1.29, 1.82) is 0 Å². The molecule has 13 heavy (non-hydrogen) atoms. The third-order valence-corrected chi connectivity index (χ3v) is 2.14. The molecule has 3 N–H and O–H groups in total. The molecule has 0 heterocycles. The van der Waals surface area contributed by atoms with Crippen molar-refractivity contribution in [2.24, 2.45) is 5.73 Å². The summed E-state index contributed by atoms with van der Waals surface area (Å²) in [5, 5.41) is 9.89. The molecule has 0 amide bonds. The van der Waals surface area contributed by atoms with Crippen LogP contribution in [0, 0.1) is 6.92 Å². The summed E-state index contributed by atoms with van der Waals surface area (Å²) in [5.41, 5.74) is 7.27. The Morgan fingerprint density at radius 1 is 1.62 bits per heavy atom. The van der Waals surface area contributed by atoms with Gasteiger partial charge in [-0.25, -0.2) is 0 Å². The molecule has 0 aliphatic carbocycles. The number of halogens is 1. The van der Waals surface area contributed by atoms with Gasteiger partial charge in [0.2, 0.25) is 0 Å². The first kappa shape index (κ1) is 10.1. The van der Waals surface area contributed by atoms with Crippen molar-refractivity contribution in [2.75, 3.05) is 0 Å². The molecule has 0 spiro atoms. The van der Waals surface area contributed by atoms with Crippen LogP contribution in [0.4, 0.5) is 0 Å². The molecule has 0 aliphatic rings. The highest BCUT2D eigenvalue weighted by Crippen LogP contribution is 2.32. The largest absolute Gasteiger partial charge is 0.506 e. The van der Waals surface area contributed by atoms with Crippen molar-refractivity contribution >= 4 is 11.6 Å². The fourth-order valence-electron chi connectivity index (χ4n) is 1.14. The Bertz CT molecular complexity index is 336. The third kappa shape index (κ3) is 2.02. The number of benzene rings is 1. The molecule has 0 radical (unpaired) electrons. The van der Waals surface area contributed by atoms with Gasteiger partial charge in [0.05, 0.1) is 11.1 Å². The first-order valence-electron chi connectivity index (χ1n) is 3.93. The zero-order valence-corrected chi connectivity index (χ0v) is 8.17.